The zero-order valence-corrected chi connectivity index (χ0v) is 16.1. The molecule has 146 valence electrons. The van der Waals surface area contributed by atoms with Crippen LogP contribution < -0.4 is 15.4 Å². The molecule has 4 N–H and O–H groups in total. The van der Waals surface area contributed by atoms with Crippen molar-refractivity contribution in [3.8, 4) is 11.5 Å². The zero-order valence-electron chi connectivity index (χ0n) is 14.6. The van der Waals surface area contributed by atoms with E-state index < -0.39 is 6.10 Å². The summed E-state index contributed by atoms with van der Waals surface area (Å²) in [4.78, 5) is 11.4. The molecule has 0 aromatic heterocycles. The summed E-state index contributed by atoms with van der Waals surface area (Å²) in [6.07, 6.45) is 1.04. The molecule has 1 aliphatic heterocycles. The zero-order chi connectivity index (χ0) is 18.5. The molecule has 0 spiro atoms. The van der Waals surface area contributed by atoms with E-state index >= 15 is 0 Å². The largest absolute Gasteiger partial charge is 0.506 e. The summed E-state index contributed by atoms with van der Waals surface area (Å²) in [5.41, 5.74) is 1.96. The van der Waals surface area contributed by atoms with Gasteiger partial charge in [-0.05, 0) is 49.2 Å². The molecule has 2 aromatic rings. The number of phenols is 1. The quantitative estimate of drug-likeness (QED) is 0.414. The van der Waals surface area contributed by atoms with Gasteiger partial charge in [-0.1, -0.05) is 23.7 Å². The predicted molar refractivity (Wildman–Crippen MR) is 107 cm³/mol. The number of hydrogen-bond donors (Lipinski definition) is 4. The Morgan fingerprint density at radius 1 is 1.22 bits per heavy atom. The normalized spacial score (nSPS) is 13.8. The lowest BCUT2D eigenvalue weighted by atomic mass is 10.0. The van der Waals surface area contributed by atoms with Gasteiger partial charge in [0.15, 0.2) is 12.4 Å². The number of nitrogens with one attached hydrogen (secondary N) is 2. The van der Waals surface area contributed by atoms with Crippen LogP contribution in [0, 0.1) is 0 Å². The van der Waals surface area contributed by atoms with E-state index in [0.717, 1.165) is 24.4 Å². The molecular formula is C19H22Cl2N2O4. The maximum atomic E-state index is 11.4. The van der Waals surface area contributed by atoms with Crippen molar-refractivity contribution in [3.05, 3.63) is 52.5 Å². The monoisotopic (exact) mass is 412 g/mol. The van der Waals surface area contributed by atoms with Gasteiger partial charge in [0, 0.05) is 17.1 Å². The summed E-state index contributed by atoms with van der Waals surface area (Å²) in [7, 11) is 0. The van der Waals surface area contributed by atoms with Gasteiger partial charge in [-0.2, -0.15) is 0 Å². The topological polar surface area (TPSA) is 90.8 Å². The Morgan fingerprint density at radius 2 is 1.96 bits per heavy atom. The summed E-state index contributed by atoms with van der Waals surface area (Å²) >= 11 is 5.87. The molecular weight excluding hydrogens is 391 g/mol. The molecule has 1 amide bonds. The first kappa shape index (κ1) is 21.3. The number of benzene rings is 2. The van der Waals surface area contributed by atoms with Gasteiger partial charge in [0.1, 0.15) is 11.4 Å². The number of amides is 1. The highest BCUT2D eigenvalue weighted by molar-refractivity contribution is 6.30. The first-order chi connectivity index (χ1) is 12.5. The van der Waals surface area contributed by atoms with Crippen LogP contribution in [0.2, 0.25) is 5.02 Å². The van der Waals surface area contributed by atoms with Crippen LogP contribution in [0.1, 0.15) is 23.7 Å². The third-order valence-electron chi connectivity index (χ3n) is 4.21. The smallest absolute Gasteiger partial charge is 0.262 e. The second kappa shape index (κ2) is 9.80. The van der Waals surface area contributed by atoms with E-state index in [4.69, 9.17) is 16.3 Å². The maximum Gasteiger partial charge on any atom is 0.262 e. The van der Waals surface area contributed by atoms with Crippen molar-refractivity contribution in [2.45, 2.75) is 18.9 Å². The standard InChI is InChI=1S/C19H21ClN2O4.ClH/c20-13-5-3-12(4-6-13)2-1-9-21-10-16(24)14-7-8-15(23)18-19(14)26-11-17(25)22-18;/h3-8,16,21,23-24H,1-2,9-11H2,(H,22,25);1H. The fourth-order valence-corrected chi connectivity index (χ4v) is 2.98. The van der Waals surface area contributed by atoms with Gasteiger partial charge in [0.05, 0.1) is 6.10 Å². The fraction of sp³-hybridized carbons (Fsp3) is 0.316. The van der Waals surface area contributed by atoms with E-state index in [2.05, 4.69) is 10.6 Å². The van der Waals surface area contributed by atoms with E-state index in [0.29, 0.717) is 17.9 Å². The average molecular weight is 413 g/mol. The number of ether oxygens (including phenoxy) is 1. The number of aliphatic hydroxyl groups is 1. The van der Waals surface area contributed by atoms with Crippen molar-refractivity contribution in [2.75, 3.05) is 25.0 Å². The molecule has 3 rings (SSSR count). The molecule has 1 aliphatic rings. The molecule has 1 heterocycles. The highest BCUT2D eigenvalue weighted by atomic mass is 35.5. The number of aromatic hydroxyl groups is 1. The van der Waals surface area contributed by atoms with E-state index in [1.54, 1.807) is 6.07 Å². The number of aliphatic hydroxyl groups excluding tert-OH is 1. The molecule has 8 heteroatoms. The summed E-state index contributed by atoms with van der Waals surface area (Å²) in [5, 5.41) is 26.8. The molecule has 1 atom stereocenters. The summed E-state index contributed by atoms with van der Waals surface area (Å²) in [6, 6.07) is 10.8. The minimum absolute atomic E-state index is 0. The van der Waals surface area contributed by atoms with Crippen LogP contribution in [0.3, 0.4) is 0 Å². The van der Waals surface area contributed by atoms with Crippen LogP contribution in [-0.4, -0.2) is 35.8 Å². The van der Waals surface area contributed by atoms with Crippen LogP contribution in [0.15, 0.2) is 36.4 Å². The van der Waals surface area contributed by atoms with E-state index in [-0.39, 0.29) is 36.4 Å². The summed E-state index contributed by atoms with van der Waals surface area (Å²) < 4.78 is 5.39. The Labute approximate surface area is 168 Å². The molecule has 0 fully saturated rings. The molecule has 27 heavy (non-hydrogen) atoms. The number of aryl methyl sites for hydroxylation is 1. The van der Waals surface area contributed by atoms with Crippen LogP contribution >= 0.6 is 24.0 Å². The lowest BCUT2D eigenvalue weighted by molar-refractivity contribution is -0.118. The molecule has 6 nitrogen and oxygen atoms in total. The minimum Gasteiger partial charge on any atom is -0.506 e. The molecule has 0 bridgehead atoms. The molecule has 1 unspecified atom stereocenters. The van der Waals surface area contributed by atoms with Gasteiger partial charge in [-0.15, -0.1) is 12.4 Å². The van der Waals surface area contributed by atoms with Crippen LogP contribution in [-0.2, 0) is 11.2 Å². The van der Waals surface area contributed by atoms with Crippen LogP contribution in [0.25, 0.3) is 0 Å². The summed E-state index contributed by atoms with van der Waals surface area (Å²) in [5.74, 6) is -0.0975. The highest BCUT2D eigenvalue weighted by Crippen LogP contribution is 2.41. The number of anilines is 1. The number of phenolic OH excluding ortho intramolecular Hbond substituents is 1. The van der Waals surface area contributed by atoms with Gasteiger partial charge >= 0.3 is 0 Å². The number of carbonyl (C=O) groups is 1. The lowest BCUT2D eigenvalue weighted by Gasteiger charge is -2.23. The lowest BCUT2D eigenvalue weighted by Crippen LogP contribution is -2.28. The molecule has 0 radical (unpaired) electrons. The van der Waals surface area contributed by atoms with Crippen molar-refractivity contribution in [3.63, 3.8) is 0 Å². The van der Waals surface area contributed by atoms with Gasteiger partial charge in [0.25, 0.3) is 5.91 Å². The molecule has 0 aliphatic carbocycles. The van der Waals surface area contributed by atoms with Gasteiger partial charge in [0.2, 0.25) is 0 Å². The number of fused-ring (bicyclic) bond motifs is 1. The highest BCUT2D eigenvalue weighted by Gasteiger charge is 2.25. The molecule has 0 saturated heterocycles. The third-order valence-corrected chi connectivity index (χ3v) is 4.46. The average Bonchev–Trinajstić information content (AvgIpc) is 2.63. The Balaban J connectivity index is 0.00000261. The Hall–Kier alpha value is -1.99. The van der Waals surface area contributed by atoms with Crippen LogP contribution in [0.5, 0.6) is 11.5 Å². The molecule has 0 saturated carbocycles. The Morgan fingerprint density at radius 3 is 2.70 bits per heavy atom. The number of hydrogen-bond acceptors (Lipinski definition) is 5. The van der Waals surface area contributed by atoms with Crippen molar-refractivity contribution in [2.24, 2.45) is 0 Å². The van der Waals surface area contributed by atoms with Crippen molar-refractivity contribution < 1.29 is 19.7 Å². The number of rotatable bonds is 7. The summed E-state index contributed by atoms with van der Waals surface area (Å²) in [6.45, 7) is 0.956. The number of halogens is 2. The van der Waals surface area contributed by atoms with Gasteiger partial charge in [-0.25, -0.2) is 0 Å². The first-order valence-corrected chi connectivity index (χ1v) is 8.84. The van der Waals surface area contributed by atoms with Crippen molar-refractivity contribution >= 4 is 35.6 Å². The predicted octanol–water partition coefficient (Wildman–Crippen LogP) is 3.05. The van der Waals surface area contributed by atoms with E-state index in [1.807, 2.05) is 24.3 Å². The van der Waals surface area contributed by atoms with E-state index in [9.17, 15) is 15.0 Å². The van der Waals surface area contributed by atoms with Gasteiger partial charge in [-0.3, -0.25) is 4.79 Å². The van der Waals surface area contributed by atoms with E-state index in [1.165, 1.54) is 11.6 Å². The van der Waals surface area contributed by atoms with Crippen molar-refractivity contribution in [1.82, 2.24) is 5.32 Å². The number of carbonyl (C=O) groups excluding carboxylic acids is 1. The minimum atomic E-state index is -0.810. The van der Waals surface area contributed by atoms with Crippen molar-refractivity contribution in [1.29, 1.82) is 0 Å². The third kappa shape index (κ3) is 5.49. The Bertz CT molecular complexity index is 784. The second-order valence-corrected chi connectivity index (χ2v) is 6.60. The molecule has 2 aromatic carbocycles. The fourth-order valence-electron chi connectivity index (χ4n) is 2.86. The first-order valence-electron chi connectivity index (χ1n) is 8.46. The Kier molecular flexibility index (Phi) is 7.74. The maximum absolute atomic E-state index is 11.4. The van der Waals surface area contributed by atoms with Gasteiger partial charge < -0.3 is 25.6 Å². The van der Waals surface area contributed by atoms with Crippen LogP contribution in [0.4, 0.5) is 5.69 Å². The SMILES string of the molecule is Cl.O=C1COc2c(C(O)CNCCCc3ccc(Cl)cc3)ccc(O)c2N1. The second-order valence-electron chi connectivity index (χ2n) is 6.16.